The standard InChI is InChI=1S/C28H25N5O4S/c1-18-5-9-20(10-6-18)30-25(34)15-17-32-27(26(31-28(32)38)22-4-2-3-16-29-22)24-14-13-23(37-24)19-7-11-21(12-8-19)33(35)36/h2-14,16,26-27H,15,17H2,1H3,(H,30,34)(H,31,38)/t26-,27-/m0/s1. The van der Waals surface area contributed by atoms with Gasteiger partial charge in [0.25, 0.3) is 5.69 Å². The van der Waals surface area contributed by atoms with Gasteiger partial charge in [-0.05, 0) is 67.7 Å². The van der Waals surface area contributed by atoms with E-state index in [0.29, 0.717) is 28.7 Å². The van der Waals surface area contributed by atoms with Gasteiger partial charge in [0.05, 0.1) is 16.7 Å². The highest BCUT2D eigenvalue weighted by atomic mass is 32.1. The third kappa shape index (κ3) is 5.40. The minimum atomic E-state index is -0.438. The lowest BCUT2D eigenvalue weighted by molar-refractivity contribution is -0.384. The second kappa shape index (κ2) is 10.8. The predicted octanol–water partition coefficient (Wildman–Crippen LogP) is 5.56. The maximum atomic E-state index is 12.7. The van der Waals surface area contributed by atoms with Gasteiger partial charge in [0, 0.05) is 42.5 Å². The molecule has 0 saturated carbocycles. The van der Waals surface area contributed by atoms with Crippen LogP contribution in [0.4, 0.5) is 11.4 Å². The number of carbonyl (C=O) groups is 1. The number of non-ortho nitro benzene ring substituents is 1. The number of amides is 1. The molecule has 192 valence electrons. The van der Waals surface area contributed by atoms with Crippen molar-refractivity contribution in [2.24, 2.45) is 0 Å². The number of nitrogens with zero attached hydrogens (tertiary/aromatic N) is 3. The Balaban J connectivity index is 1.38. The average molecular weight is 528 g/mol. The highest BCUT2D eigenvalue weighted by molar-refractivity contribution is 7.80. The molecule has 38 heavy (non-hydrogen) atoms. The average Bonchev–Trinajstić information content (AvgIpc) is 3.54. The van der Waals surface area contributed by atoms with Crippen LogP contribution in [-0.2, 0) is 4.79 Å². The summed E-state index contributed by atoms with van der Waals surface area (Å²) in [5.74, 6) is 1.09. The van der Waals surface area contributed by atoms with Gasteiger partial charge >= 0.3 is 0 Å². The zero-order valence-electron chi connectivity index (χ0n) is 20.5. The molecule has 1 aliphatic rings. The molecule has 0 radical (unpaired) electrons. The molecule has 2 aromatic heterocycles. The van der Waals surface area contributed by atoms with Gasteiger partial charge in [-0.25, -0.2) is 0 Å². The van der Waals surface area contributed by atoms with Crippen LogP contribution in [0.3, 0.4) is 0 Å². The van der Waals surface area contributed by atoms with Gasteiger partial charge in [0.15, 0.2) is 5.11 Å². The number of thiocarbonyl (C=S) groups is 1. The van der Waals surface area contributed by atoms with Gasteiger partial charge in [-0.3, -0.25) is 19.9 Å². The fraction of sp³-hybridized carbons (Fsp3) is 0.179. The van der Waals surface area contributed by atoms with Gasteiger partial charge in [0.2, 0.25) is 5.91 Å². The summed E-state index contributed by atoms with van der Waals surface area (Å²) in [4.78, 5) is 29.8. The summed E-state index contributed by atoms with van der Waals surface area (Å²) in [6, 6.07) is 22.6. The number of aryl methyl sites for hydroxylation is 1. The Hall–Kier alpha value is -4.57. The Labute approximate surface area is 224 Å². The largest absolute Gasteiger partial charge is 0.459 e. The second-order valence-corrected chi connectivity index (χ2v) is 9.38. The van der Waals surface area contributed by atoms with Gasteiger partial charge in [-0.15, -0.1) is 0 Å². The van der Waals surface area contributed by atoms with Crippen LogP contribution in [0, 0.1) is 17.0 Å². The summed E-state index contributed by atoms with van der Waals surface area (Å²) < 4.78 is 6.26. The quantitative estimate of drug-likeness (QED) is 0.174. The molecule has 0 bridgehead atoms. The van der Waals surface area contributed by atoms with Gasteiger partial charge in [-0.1, -0.05) is 23.8 Å². The molecule has 1 aliphatic heterocycles. The number of nitrogens with one attached hydrogen (secondary N) is 2. The van der Waals surface area contributed by atoms with Gasteiger partial charge in [-0.2, -0.15) is 0 Å². The molecule has 1 amide bonds. The van der Waals surface area contributed by atoms with E-state index in [2.05, 4.69) is 15.6 Å². The van der Waals surface area contributed by atoms with Gasteiger partial charge in [0.1, 0.15) is 17.6 Å². The van der Waals surface area contributed by atoms with E-state index in [4.69, 9.17) is 16.6 Å². The summed E-state index contributed by atoms with van der Waals surface area (Å²) in [6.45, 7) is 2.36. The molecular weight excluding hydrogens is 502 g/mol. The van der Waals surface area contributed by atoms with Crippen LogP contribution in [0.25, 0.3) is 11.3 Å². The van der Waals surface area contributed by atoms with Crippen molar-refractivity contribution in [3.05, 3.63) is 112 Å². The van der Waals surface area contributed by atoms with Crippen molar-refractivity contribution < 1.29 is 14.1 Å². The highest BCUT2D eigenvalue weighted by Gasteiger charge is 2.41. The Bertz CT molecular complexity index is 1450. The first-order valence-corrected chi connectivity index (χ1v) is 12.5. The maximum Gasteiger partial charge on any atom is 0.269 e. The van der Waals surface area contributed by atoms with Crippen LogP contribution in [0.15, 0.2) is 89.5 Å². The third-order valence-electron chi connectivity index (χ3n) is 6.39. The molecule has 2 aromatic carbocycles. The first kappa shape index (κ1) is 25.1. The monoisotopic (exact) mass is 527 g/mol. The molecule has 3 heterocycles. The van der Waals surface area contributed by atoms with Crippen molar-refractivity contribution in [2.45, 2.75) is 25.4 Å². The Morgan fingerprint density at radius 2 is 1.87 bits per heavy atom. The van der Waals surface area contributed by atoms with Crippen LogP contribution in [0.2, 0.25) is 0 Å². The van der Waals surface area contributed by atoms with Crippen molar-refractivity contribution in [3.63, 3.8) is 0 Å². The Morgan fingerprint density at radius 3 is 2.55 bits per heavy atom. The second-order valence-electron chi connectivity index (χ2n) is 8.99. The topological polar surface area (TPSA) is 114 Å². The highest BCUT2D eigenvalue weighted by Crippen LogP contribution is 2.40. The lowest BCUT2D eigenvalue weighted by Crippen LogP contribution is -2.32. The smallest absolute Gasteiger partial charge is 0.269 e. The van der Waals surface area contributed by atoms with Crippen LogP contribution < -0.4 is 10.6 Å². The number of carbonyl (C=O) groups excluding carboxylic acids is 1. The van der Waals surface area contributed by atoms with Crippen molar-refractivity contribution >= 4 is 34.6 Å². The molecule has 5 rings (SSSR count). The van der Waals surface area contributed by atoms with E-state index in [1.165, 1.54) is 12.1 Å². The Kier molecular flexibility index (Phi) is 7.14. The molecule has 2 atom stereocenters. The zero-order valence-corrected chi connectivity index (χ0v) is 21.4. The minimum absolute atomic E-state index is 0.0103. The van der Waals surface area contributed by atoms with E-state index < -0.39 is 4.92 Å². The number of anilines is 1. The predicted molar refractivity (Wildman–Crippen MR) is 147 cm³/mol. The van der Waals surface area contributed by atoms with Crippen LogP contribution in [0.5, 0.6) is 0 Å². The molecule has 4 aromatic rings. The Morgan fingerprint density at radius 1 is 1.11 bits per heavy atom. The summed E-state index contributed by atoms with van der Waals surface area (Å²) in [6.07, 6.45) is 1.94. The van der Waals surface area contributed by atoms with Crippen molar-refractivity contribution in [1.29, 1.82) is 0 Å². The zero-order chi connectivity index (χ0) is 26.6. The number of aromatic nitrogens is 1. The van der Waals surface area contributed by atoms with Crippen LogP contribution >= 0.6 is 12.2 Å². The molecule has 1 saturated heterocycles. The minimum Gasteiger partial charge on any atom is -0.459 e. The molecule has 0 unspecified atom stereocenters. The fourth-order valence-electron chi connectivity index (χ4n) is 4.45. The van der Waals surface area contributed by atoms with E-state index in [-0.39, 0.29) is 30.1 Å². The van der Waals surface area contributed by atoms with Crippen molar-refractivity contribution in [1.82, 2.24) is 15.2 Å². The summed E-state index contributed by atoms with van der Waals surface area (Å²) in [5.41, 5.74) is 3.38. The summed E-state index contributed by atoms with van der Waals surface area (Å²) in [7, 11) is 0. The first-order chi connectivity index (χ1) is 18.4. The summed E-state index contributed by atoms with van der Waals surface area (Å²) in [5, 5.41) is 17.8. The number of nitro benzene ring substituents is 1. The number of benzene rings is 2. The van der Waals surface area contributed by atoms with Crippen LogP contribution in [0.1, 0.15) is 35.5 Å². The van der Waals surface area contributed by atoms with E-state index >= 15 is 0 Å². The molecular formula is C28H25N5O4S. The number of hydrogen-bond donors (Lipinski definition) is 2. The first-order valence-electron chi connectivity index (χ1n) is 12.1. The van der Waals surface area contributed by atoms with Crippen LogP contribution in [-0.4, -0.2) is 32.4 Å². The van der Waals surface area contributed by atoms with Crippen molar-refractivity contribution in [2.75, 3.05) is 11.9 Å². The van der Waals surface area contributed by atoms with E-state index in [9.17, 15) is 14.9 Å². The van der Waals surface area contributed by atoms with E-state index in [1.807, 2.05) is 66.4 Å². The molecule has 2 N–H and O–H groups in total. The molecule has 9 nitrogen and oxygen atoms in total. The summed E-state index contributed by atoms with van der Waals surface area (Å²) >= 11 is 5.68. The lowest BCUT2D eigenvalue weighted by atomic mass is 10.0. The van der Waals surface area contributed by atoms with Gasteiger partial charge < -0.3 is 20.0 Å². The number of rotatable bonds is 8. The third-order valence-corrected chi connectivity index (χ3v) is 6.75. The fourth-order valence-corrected chi connectivity index (χ4v) is 4.78. The molecule has 10 heteroatoms. The number of pyridine rings is 1. The number of nitro groups is 1. The van der Waals surface area contributed by atoms with Crippen molar-refractivity contribution in [3.8, 4) is 11.3 Å². The van der Waals surface area contributed by atoms with E-state index in [1.54, 1.807) is 18.3 Å². The maximum absolute atomic E-state index is 12.7. The normalized spacial score (nSPS) is 16.8. The lowest BCUT2D eigenvalue weighted by Gasteiger charge is -2.25. The molecule has 0 spiro atoms. The van der Waals surface area contributed by atoms with E-state index in [0.717, 1.165) is 16.9 Å². The molecule has 1 fully saturated rings. The number of hydrogen-bond acceptors (Lipinski definition) is 6. The molecule has 0 aliphatic carbocycles. The SMILES string of the molecule is Cc1ccc(NC(=O)CCN2C(=S)N[C@@H](c3ccccn3)[C@@H]2c2ccc(-c3ccc([N+](=O)[O-])cc3)o2)cc1. The number of furan rings is 1.